The van der Waals surface area contributed by atoms with Crippen LogP contribution in [0.15, 0.2) is 144 Å². The minimum Gasteiger partial charge on any atom is -0.486 e. The molecule has 0 fully saturated rings. The first kappa shape index (κ1) is 38.8. The number of fused-ring (bicyclic) bond motifs is 4. The summed E-state index contributed by atoms with van der Waals surface area (Å²) in [4.78, 5) is 14.4. The zero-order valence-electron chi connectivity index (χ0n) is 32.6. The van der Waals surface area contributed by atoms with Crippen LogP contribution in [0.4, 0.5) is 0 Å². The average molecular weight is 925 g/mol. The molecule has 5 aromatic carbocycles. The van der Waals surface area contributed by atoms with Crippen LogP contribution in [0.5, 0.6) is 0 Å². The van der Waals surface area contributed by atoms with E-state index >= 15 is 0 Å². The largest absolute Gasteiger partial charge is 0.486 e. The Morgan fingerprint density at radius 3 is 2.27 bits per heavy atom. The summed E-state index contributed by atoms with van der Waals surface area (Å²) < 4.78 is 8.54. The van der Waals surface area contributed by atoms with E-state index in [1.54, 1.807) is 0 Å². The maximum Gasteiger partial charge on any atom is 0.216 e. The van der Waals surface area contributed by atoms with Gasteiger partial charge in [0.1, 0.15) is 0 Å². The maximum atomic E-state index is 6.32. The molecule has 0 saturated carbocycles. The summed E-state index contributed by atoms with van der Waals surface area (Å²) >= 11 is 0. The summed E-state index contributed by atoms with van der Waals surface area (Å²) in [5.41, 5.74) is 12.0. The fraction of sp³-hybridized carbons (Fsp3) is 0.163. The van der Waals surface area contributed by atoms with Crippen molar-refractivity contribution in [3.63, 3.8) is 0 Å². The zero-order chi connectivity index (χ0) is 38.1. The number of benzene rings is 5. The van der Waals surface area contributed by atoms with Gasteiger partial charge in [-0.1, -0.05) is 117 Å². The first-order valence-corrected chi connectivity index (χ1v) is 22.5. The van der Waals surface area contributed by atoms with Gasteiger partial charge < -0.3 is 14.0 Å². The van der Waals surface area contributed by atoms with Gasteiger partial charge in [-0.3, -0.25) is 4.98 Å². The molecule has 0 aliphatic carbocycles. The second kappa shape index (κ2) is 16.3. The van der Waals surface area contributed by atoms with Crippen LogP contribution in [0, 0.1) is 25.0 Å². The summed E-state index contributed by atoms with van der Waals surface area (Å²) in [6, 6.07) is 52.2. The van der Waals surface area contributed by atoms with E-state index in [1.807, 2.05) is 67.6 Å². The van der Waals surface area contributed by atoms with Crippen molar-refractivity contribution < 1.29 is 24.5 Å². The summed E-state index contributed by atoms with van der Waals surface area (Å²) in [5.74, 6) is 1.45. The molecule has 7 heteroatoms. The number of rotatable bonds is 7. The van der Waals surface area contributed by atoms with E-state index in [-0.39, 0.29) is 20.1 Å². The molecule has 1 radical (unpaired) electrons. The molecule has 4 aromatic heterocycles. The Bertz CT molecular complexity index is 2770. The van der Waals surface area contributed by atoms with Gasteiger partial charge in [0.25, 0.3) is 0 Å². The fourth-order valence-corrected chi connectivity index (χ4v) is 8.92. The van der Waals surface area contributed by atoms with Gasteiger partial charge >= 0.3 is 0 Å². The van der Waals surface area contributed by atoms with Gasteiger partial charge in [0, 0.05) is 48.6 Å². The predicted molar refractivity (Wildman–Crippen MR) is 231 cm³/mol. The standard InChI is InChI=1S/C31H20N3O.C18H24NSi.Ir/c1-20-18-19-24-23-13-9-14-25(29(23)35-31(24)32-20)30-33-26-15-6-8-17-28(26)34(30)27-16-7-5-12-22(27)21-10-3-2-4-11-21;1-14(2)11-16-12-17(15-9-7-6-8-10-15)19-13-18(16)20(3,4)5;/h2-13,15-19H,1H3;6-9,12-14H,11H2,1-5H3;/q2*-1;. The van der Waals surface area contributed by atoms with E-state index in [4.69, 9.17) is 9.40 Å². The van der Waals surface area contributed by atoms with Crippen LogP contribution in [0.2, 0.25) is 19.6 Å². The van der Waals surface area contributed by atoms with Gasteiger partial charge in [-0.25, -0.2) is 4.98 Å². The molecule has 0 unspecified atom stereocenters. The molecule has 0 amide bonds. The monoisotopic (exact) mass is 925 g/mol. The van der Waals surface area contributed by atoms with Crippen LogP contribution < -0.4 is 5.19 Å². The molecule has 281 valence electrons. The van der Waals surface area contributed by atoms with E-state index in [1.165, 1.54) is 10.8 Å². The van der Waals surface area contributed by atoms with E-state index in [2.05, 4.69) is 139 Å². The van der Waals surface area contributed by atoms with E-state index < -0.39 is 8.07 Å². The SMILES string of the molecule is CC(C)Cc1cc(-c2[c-]cccc2)ncc1[Si](C)(C)C.Cc1ccc2c(n1)oc1c(-c3nc4ccccc4n3-c3ccccc3-c3ccccc3)[c-]ccc12.[Ir]. The smallest absolute Gasteiger partial charge is 0.216 e. The van der Waals surface area contributed by atoms with Crippen LogP contribution in [0.25, 0.3) is 72.6 Å². The molecule has 0 atom stereocenters. The number of hydrogen-bond acceptors (Lipinski definition) is 4. The van der Waals surface area contributed by atoms with Crippen molar-refractivity contribution in [2.45, 2.75) is 46.8 Å². The summed E-state index contributed by atoms with van der Waals surface area (Å²) in [6.45, 7) is 13.7. The van der Waals surface area contributed by atoms with E-state index in [0.717, 1.165) is 79.0 Å². The summed E-state index contributed by atoms with van der Waals surface area (Å²) in [5, 5.41) is 3.50. The number of furan rings is 1. The maximum absolute atomic E-state index is 6.32. The van der Waals surface area contributed by atoms with Gasteiger partial charge in [-0.05, 0) is 66.0 Å². The first-order chi connectivity index (χ1) is 26.7. The number of imidazole rings is 1. The molecule has 0 spiro atoms. The van der Waals surface area contributed by atoms with Crippen molar-refractivity contribution >= 4 is 46.4 Å². The fourth-order valence-electron chi connectivity index (χ4n) is 7.33. The minimum atomic E-state index is -1.34. The Morgan fingerprint density at radius 2 is 1.50 bits per heavy atom. The van der Waals surface area contributed by atoms with Crippen molar-refractivity contribution in [2.24, 2.45) is 5.92 Å². The Morgan fingerprint density at radius 1 is 0.750 bits per heavy atom. The Hall–Kier alpha value is -5.46. The molecular weight excluding hydrogens is 881 g/mol. The number of pyridine rings is 2. The Balaban J connectivity index is 0.000000197. The third-order valence-corrected chi connectivity index (χ3v) is 11.9. The molecule has 4 heterocycles. The molecule has 0 aliphatic rings. The molecule has 56 heavy (non-hydrogen) atoms. The van der Waals surface area contributed by atoms with Crippen LogP contribution in [0.1, 0.15) is 25.1 Å². The first-order valence-electron chi connectivity index (χ1n) is 19.0. The Labute approximate surface area is 343 Å². The quantitative estimate of drug-likeness (QED) is 0.118. The minimum absolute atomic E-state index is 0. The van der Waals surface area contributed by atoms with Crippen LogP contribution in [-0.2, 0) is 26.5 Å². The normalized spacial score (nSPS) is 11.5. The predicted octanol–water partition coefficient (Wildman–Crippen LogP) is 12.1. The number of aromatic nitrogens is 4. The summed E-state index contributed by atoms with van der Waals surface area (Å²) in [7, 11) is -1.34. The molecule has 0 aliphatic heterocycles. The number of hydrogen-bond donors (Lipinski definition) is 0. The van der Waals surface area contributed by atoms with Crippen molar-refractivity contribution in [1.82, 2.24) is 19.5 Å². The van der Waals surface area contributed by atoms with Crippen LogP contribution in [0.3, 0.4) is 0 Å². The van der Waals surface area contributed by atoms with Gasteiger partial charge in [0.2, 0.25) is 5.71 Å². The van der Waals surface area contributed by atoms with Gasteiger partial charge in [-0.2, -0.15) is 0 Å². The third-order valence-electron chi connectivity index (χ3n) is 9.86. The third kappa shape index (κ3) is 7.81. The second-order valence-corrected chi connectivity index (χ2v) is 20.5. The average Bonchev–Trinajstić information content (AvgIpc) is 3.76. The Kier molecular flexibility index (Phi) is 11.3. The molecule has 0 bridgehead atoms. The van der Waals surface area contributed by atoms with Crippen molar-refractivity contribution in [1.29, 1.82) is 0 Å². The number of nitrogens with zero attached hydrogens (tertiary/aromatic N) is 4. The molecule has 9 aromatic rings. The van der Waals surface area contributed by atoms with Gasteiger partial charge in [-0.15, -0.1) is 54.1 Å². The van der Waals surface area contributed by atoms with Crippen molar-refractivity contribution in [3.05, 3.63) is 163 Å². The van der Waals surface area contributed by atoms with Crippen molar-refractivity contribution in [2.75, 3.05) is 0 Å². The molecule has 9 rings (SSSR count). The number of aryl methyl sites for hydroxylation is 1. The molecule has 5 nitrogen and oxygen atoms in total. The van der Waals surface area contributed by atoms with Gasteiger partial charge in [0.15, 0.2) is 0 Å². The van der Waals surface area contributed by atoms with E-state index in [9.17, 15) is 0 Å². The molecule has 0 N–H and O–H groups in total. The van der Waals surface area contributed by atoms with Gasteiger partial charge in [0.05, 0.1) is 30.5 Å². The zero-order valence-corrected chi connectivity index (χ0v) is 36.0. The van der Waals surface area contributed by atoms with E-state index in [0.29, 0.717) is 11.6 Å². The molecule has 0 saturated heterocycles. The summed E-state index contributed by atoms with van der Waals surface area (Å²) in [6.07, 6.45) is 3.24. The second-order valence-electron chi connectivity index (χ2n) is 15.5. The van der Waals surface area contributed by atoms with Crippen molar-refractivity contribution in [3.8, 4) is 39.5 Å². The van der Waals surface area contributed by atoms with Crippen LogP contribution >= 0.6 is 0 Å². The van der Waals surface area contributed by atoms with Crippen LogP contribution in [-0.4, -0.2) is 27.6 Å². The molecular formula is C49H44IrN4OSi-2. The topological polar surface area (TPSA) is 56.7 Å². The number of para-hydroxylation sites is 3.